The molecule has 0 unspecified atom stereocenters. The second kappa shape index (κ2) is 7.95. The fraction of sp³-hybridized carbons (Fsp3) is 0.529. The fourth-order valence-corrected chi connectivity index (χ4v) is 3.86. The van der Waals surface area contributed by atoms with Gasteiger partial charge < -0.3 is 10.1 Å². The summed E-state index contributed by atoms with van der Waals surface area (Å²) in [7, 11) is -1.40. The number of sulfonamides is 1. The molecule has 1 aromatic carbocycles. The minimum absolute atomic E-state index is 0.304. The number of hydrogen-bond acceptors (Lipinski definition) is 4. The van der Waals surface area contributed by atoms with Crippen molar-refractivity contribution in [2.45, 2.75) is 19.4 Å². The lowest BCUT2D eigenvalue weighted by molar-refractivity contribution is 0.225. The van der Waals surface area contributed by atoms with E-state index in [-0.39, 0.29) is 0 Å². The van der Waals surface area contributed by atoms with Crippen LogP contribution >= 0.6 is 0 Å². The monoisotopic (exact) mass is 338 g/mol. The summed E-state index contributed by atoms with van der Waals surface area (Å²) < 4.78 is 30.1. The van der Waals surface area contributed by atoms with Crippen LogP contribution in [0.5, 0.6) is 5.75 Å². The van der Waals surface area contributed by atoms with Crippen LogP contribution in [0.1, 0.15) is 18.9 Å². The normalized spacial score (nSPS) is 23.3. The van der Waals surface area contributed by atoms with Gasteiger partial charge in [0.05, 0.1) is 13.4 Å². The number of ether oxygens (including phenoxy) is 1. The van der Waals surface area contributed by atoms with E-state index in [9.17, 15) is 8.42 Å². The molecule has 1 heterocycles. The smallest absolute Gasteiger partial charge is 0.211 e. The lowest BCUT2D eigenvalue weighted by atomic mass is 9.95. The Morgan fingerprint density at radius 2 is 2.13 bits per heavy atom. The first kappa shape index (κ1) is 18.0. The van der Waals surface area contributed by atoms with E-state index in [2.05, 4.69) is 18.3 Å². The van der Waals surface area contributed by atoms with Crippen molar-refractivity contribution in [1.29, 1.82) is 0 Å². The van der Waals surface area contributed by atoms with Crippen molar-refractivity contribution in [3.63, 3.8) is 0 Å². The van der Waals surface area contributed by atoms with Crippen molar-refractivity contribution >= 4 is 16.1 Å². The molecule has 128 valence electrons. The second-order valence-corrected chi connectivity index (χ2v) is 8.03. The molecule has 1 fully saturated rings. The summed E-state index contributed by atoms with van der Waals surface area (Å²) >= 11 is 0. The summed E-state index contributed by atoms with van der Waals surface area (Å²) in [5.41, 5.74) is 1.05. The van der Waals surface area contributed by atoms with Crippen LogP contribution in [0.2, 0.25) is 0 Å². The molecule has 6 heteroatoms. The van der Waals surface area contributed by atoms with Gasteiger partial charge in [-0.15, -0.1) is 0 Å². The van der Waals surface area contributed by atoms with Crippen molar-refractivity contribution in [3.8, 4) is 5.75 Å². The van der Waals surface area contributed by atoms with E-state index < -0.39 is 10.0 Å². The highest BCUT2D eigenvalue weighted by molar-refractivity contribution is 7.88. The second-order valence-electron chi connectivity index (χ2n) is 6.05. The summed E-state index contributed by atoms with van der Waals surface area (Å²) in [6.45, 7) is 4.04. The number of hydrogen-bond donors (Lipinski definition) is 1. The van der Waals surface area contributed by atoms with Crippen LogP contribution in [0, 0.1) is 5.92 Å². The van der Waals surface area contributed by atoms with Gasteiger partial charge in [0.1, 0.15) is 5.75 Å². The number of benzene rings is 1. The molecule has 1 saturated heterocycles. The summed E-state index contributed by atoms with van der Waals surface area (Å²) in [6.07, 6.45) is 6.25. The zero-order chi connectivity index (χ0) is 16.9. The van der Waals surface area contributed by atoms with Gasteiger partial charge in [-0.2, -0.15) is 0 Å². The fourth-order valence-electron chi connectivity index (χ4n) is 2.92. The number of piperidine rings is 1. The quantitative estimate of drug-likeness (QED) is 0.861. The Balaban J connectivity index is 1.84. The van der Waals surface area contributed by atoms with E-state index in [0.29, 0.717) is 25.0 Å². The molecule has 2 rings (SSSR count). The van der Waals surface area contributed by atoms with E-state index in [4.69, 9.17) is 4.74 Å². The number of rotatable bonds is 6. The number of nitrogens with one attached hydrogen (secondary N) is 1. The molecular formula is C17H26N2O3S. The van der Waals surface area contributed by atoms with Gasteiger partial charge in [0.25, 0.3) is 0 Å². The molecule has 0 aromatic heterocycles. The first-order chi connectivity index (χ1) is 10.9. The Labute approximate surface area is 139 Å². The standard InChI is InChI=1S/C17H26N2O3S/c1-14-13-19(23(3,20)21)12-10-16(14)18-11-6-8-15-7-4-5-9-17(15)22-2/h4-9,14,16,18H,10-13H2,1-3H3/b8-6+/t14-,16+/m0/s1. The molecule has 0 saturated carbocycles. The Hall–Kier alpha value is -1.37. The van der Waals surface area contributed by atoms with Gasteiger partial charge in [0.15, 0.2) is 0 Å². The number of para-hydroxylation sites is 1. The topological polar surface area (TPSA) is 58.6 Å². The van der Waals surface area contributed by atoms with Crippen LogP contribution in [0.3, 0.4) is 0 Å². The van der Waals surface area contributed by atoms with Gasteiger partial charge in [0, 0.05) is 31.2 Å². The zero-order valence-corrected chi connectivity index (χ0v) is 14.8. The highest BCUT2D eigenvalue weighted by Crippen LogP contribution is 2.20. The van der Waals surface area contributed by atoms with Crippen LogP contribution in [0.4, 0.5) is 0 Å². The summed E-state index contributed by atoms with van der Waals surface area (Å²) in [4.78, 5) is 0. The van der Waals surface area contributed by atoms with E-state index in [0.717, 1.165) is 24.3 Å². The molecule has 1 aromatic rings. The molecule has 0 radical (unpaired) electrons. The maximum Gasteiger partial charge on any atom is 0.211 e. The summed E-state index contributed by atoms with van der Waals surface area (Å²) in [6, 6.07) is 8.23. The van der Waals surface area contributed by atoms with Gasteiger partial charge in [-0.3, -0.25) is 0 Å². The van der Waals surface area contributed by atoms with Crippen LogP contribution in [0.15, 0.2) is 30.3 Å². The molecule has 0 bridgehead atoms. The van der Waals surface area contributed by atoms with Gasteiger partial charge in [-0.1, -0.05) is 37.3 Å². The van der Waals surface area contributed by atoms with Crippen LogP contribution in [-0.4, -0.2) is 51.8 Å². The van der Waals surface area contributed by atoms with Crippen molar-refractivity contribution in [2.24, 2.45) is 5.92 Å². The average Bonchev–Trinajstić information content (AvgIpc) is 2.52. The predicted octanol–water partition coefficient (Wildman–Crippen LogP) is 1.97. The van der Waals surface area contributed by atoms with Crippen molar-refractivity contribution < 1.29 is 13.2 Å². The maximum absolute atomic E-state index is 11.6. The number of nitrogens with zero attached hydrogens (tertiary/aromatic N) is 1. The van der Waals surface area contributed by atoms with E-state index in [1.807, 2.05) is 30.3 Å². The minimum Gasteiger partial charge on any atom is -0.496 e. The number of methoxy groups -OCH3 is 1. The molecule has 0 aliphatic carbocycles. The van der Waals surface area contributed by atoms with Crippen LogP contribution in [-0.2, 0) is 10.0 Å². The van der Waals surface area contributed by atoms with E-state index in [1.165, 1.54) is 6.26 Å². The molecule has 0 spiro atoms. The Morgan fingerprint density at radius 1 is 1.39 bits per heavy atom. The predicted molar refractivity (Wildman–Crippen MR) is 94.0 cm³/mol. The molecule has 1 aliphatic heterocycles. The molecule has 5 nitrogen and oxygen atoms in total. The van der Waals surface area contributed by atoms with Crippen LogP contribution < -0.4 is 10.1 Å². The van der Waals surface area contributed by atoms with Gasteiger partial charge >= 0.3 is 0 Å². The van der Waals surface area contributed by atoms with Crippen LogP contribution in [0.25, 0.3) is 6.08 Å². The lowest BCUT2D eigenvalue weighted by Crippen LogP contribution is -2.49. The van der Waals surface area contributed by atoms with Crippen molar-refractivity contribution in [1.82, 2.24) is 9.62 Å². The van der Waals surface area contributed by atoms with E-state index in [1.54, 1.807) is 11.4 Å². The molecule has 2 atom stereocenters. The zero-order valence-electron chi connectivity index (χ0n) is 14.0. The third-order valence-corrected chi connectivity index (χ3v) is 5.54. The van der Waals surface area contributed by atoms with E-state index >= 15 is 0 Å². The Bertz CT molecular complexity index is 643. The van der Waals surface area contributed by atoms with Gasteiger partial charge in [0.2, 0.25) is 10.0 Å². The highest BCUT2D eigenvalue weighted by Gasteiger charge is 2.29. The van der Waals surface area contributed by atoms with Gasteiger partial charge in [-0.05, 0) is 18.4 Å². The third-order valence-electron chi connectivity index (χ3n) is 4.27. The maximum atomic E-state index is 11.6. The Morgan fingerprint density at radius 3 is 2.78 bits per heavy atom. The molecule has 23 heavy (non-hydrogen) atoms. The first-order valence-electron chi connectivity index (χ1n) is 7.90. The molecule has 1 N–H and O–H groups in total. The van der Waals surface area contributed by atoms with Gasteiger partial charge in [-0.25, -0.2) is 12.7 Å². The van der Waals surface area contributed by atoms with Crippen molar-refractivity contribution in [3.05, 3.63) is 35.9 Å². The summed E-state index contributed by atoms with van der Waals surface area (Å²) in [5, 5.41) is 3.50. The molecule has 0 amide bonds. The third kappa shape index (κ3) is 5.06. The lowest BCUT2D eigenvalue weighted by Gasteiger charge is -2.35. The SMILES string of the molecule is COc1ccccc1/C=C/CN[C@@H]1CCN(S(C)(=O)=O)C[C@@H]1C. The highest BCUT2D eigenvalue weighted by atomic mass is 32.2. The first-order valence-corrected chi connectivity index (χ1v) is 9.74. The van der Waals surface area contributed by atoms with Crippen molar-refractivity contribution in [2.75, 3.05) is 33.0 Å². The molecular weight excluding hydrogens is 312 g/mol. The minimum atomic E-state index is -3.07. The Kier molecular flexibility index (Phi) is 6.21. The largest absolute Gasteiger partial charge is 0.496 e. The molecule has 1 aliphatic rings. The average molecular weight is 338 g/mol. The summed E-state index contributed by atoms with van der Waals surface area (Å²) in [5.74, 6) is 1.16.